The topological polar surface area (TPSA) is 79.3 Å². The van der Waals surface area contributed by atoms with Gasteiger partial charge in [-0.05, 0) is 30.6 Å². The number of rotatable bonds is 7. The second-order valence-electron chi connectivity index (χ2n) is 4.62. The zero-order valence-electron chi connectivity index (χ0n) is 11.7. The van der Waals surface area contributed by atoms with E-state index in [0.29, 0.717) is 11.9 Å². The predicted octanol–water partition coefficient (Wildman–Crippen LogP) is 1.63. The number of sulfonamides is 1. The van der Waals surface area contributed by atoms with E-state index in [0.717, 1.165) is 11.1 Å². The number of benzene rings is 1. The first kappa shape index (κ1) is 16.2. The van der Waals surface area contributed by atoms with Crippen molar-refractivity contribution in [2.45, 2.75) is 17.4 Å². The lowest BCUT2D eigenvalue weighted by Gasteiger charge is -2.12. The highest BCUT2D eigenvalue weighted by Gasteiger charge is 2.19. The number of aliphatic hydroxyl groups is 1. The van der Waals surface area contributed by atoms with Crippen LogP contribution in [0.5, 0.6) is 0 Å². The molecule has 1 aromatic heterocycles. The Balaban J connectivity index is 2.18. The van der Waals surface area contributed by atoms with E-state index in [1.807, 2.05) is 18.4 Å². The van der Waals surface area contributed by atoms with Gasteiger partial charge in [0.25, 0.3) is 0 Å². The summed E-state index contributed by atoms with van der Waals surface area (Å²) in [6.45, 7) is 0.00607. The van der Waals surface area contributed by atoms with Gasteiger partial charge in [-0.15, -0.1) is 0 Å². The maximum atomic E-state index is 12.4. The molecule has 5 nitrogen and oxygen atoms in total. The summed E-state index contributed by atoms with van der Waals surface area (Å²) in [7, 11) is -3.69. The fraction of sp³-hybridized carbons (Fsp3) is 0.357. The molecule has 0 saturated heterocycles. The Hall–Kier alpha value is -1.15. The SMILES string of the molecule is CSCCC(O)CNS(=O)(=O)c1cccc2cccnc12. The molecule has 1 heterocycles. The smallest absolute Gasteiger partial charge is 0.242 e. The summed E-state index contributed by atoms with van der Waals surface area (Å²) >= 11 is 1.61. The maximum Gasteiger partial charge on any atom is 0.242 e. The first-order valence-corrected chi connectivity index (χ1v) is 9.42. The molecule has 1 aromatic carbocycles. The third kappa shape index (κ3) is 4.16. The van der Waals surface area contributed by atoms with E-state index >= 15 is 0 Å². The van der Waals surface area contributed by atoms with Gasteiger partial charge < -0.3 is 5.11 Å². The van der Waals surface area contributed by atoms with E-state index in [4.69, 9.17) is 0 Å². The summed E-state index contributed by atoms with van der Waals surface area (Å²) in [5, 5.41) is 10.5. The number of nitrogens with one attached hydrogen (secondary N) is 1. The van der Waals surface area contributed by atoms with Crippen molar-refractivity contribution in [2.75, 3.05) is 18.6 Å². The molecular formula is C14H18N2O3S2. The summed E-state index contributed by atoms with van der Waals surface area (Å²) in [5.41, 5.74) is 0.436. The quantitative estimate of drug-likeness (QED) is 0.808. The van der Waals surface area contributed by atoms with Crippen molar-refractivity contribution in [2.24, 2.45) is 0 Å². The van der Waals surface area contributed by atoms with Crippen LogP contribution in [-0.4, -0.2) is 43.2 Å². The Morgan fingerprint density at radius 3 is 2.86 bits per heavy atom. The van der Waals surface area contributed by atoms with Crippen LogP contribution in [0.25, 0.3) is 10.9 Å². The van der Waals surface area contributed by atoms with Gasteiger partial charge in [0.1, 0.15) is 4.90 Å². The van der Waals surface area contributed by atoms with Gasteiger partial charge in [0.15, 0.2) is 0 Å². The van der Waals surface area contributed by atoms with Gasteiger partial charge >= 0.3 is 0 Å². The zero-order chi connectivity index (χ0) is 15.3. The Bertz CT molecular complexity index is 699. The van der Waals surface area contributed by atoms with E-state index in [9.17, 15) is 13.5 Å². The number of hydrogen-bond donors (Lipinski definition) is 2. The average Bonchev–Trinajstić information content (AvgIpc) is 2.50. The molecule has 0 aliphatic rings. The minimum absolute atomic E-state index is 0.00607. The largest absolute Gasteiger partial charge is 0.392 e. The Morgan fingerprint density at radius 2 is 2.10 bits per heavy atom. The number of aromatic nitrogens is 1. The van der Waals surface area contributed by atoms with Crippen LogP contribution < -0.4 is 4.72 Å². The van der Waals surface area contributed by atoms with Crippen molar-refractivity contribution in [1.82, 2.24) is 9.71 Å². The van der Waals surface area contributed by atoms with Crippen LogP contribution in [0.1, 0.15) is 6.42 Å². The number of nitrogens with zero attached hydrogens (tertiary/aromatic N) is 1. The zero-order valence-corrected chi connectivity index (χ0v) is 13.3. The van der Waals surface area contributed by atoms with Gasteiger partial charge in [-0.2, -0.15) is 11.8 Å². The third-order valence-corrected chi connectivity index (χ3v) is 5.15. The summed E-state index contributed by atoms with van der Waals surface area (Å²) in [5.74, 6) is 0.790. The lowest BCUT2D eigenvalue weighted by Crippen LogP contribution is -2.32. The van der Waals surface area contributed by atoms with Crippen LogP contribution in [-0.2, 0) is 10.0 Å². The highest BCUT2D eigenvalue weighted by Crippen LogP contribution is 2.20. The van der Waals surface area contributed by atoms with Gasteiger partial charge in [-0.1, -0.05) is 18.2 Å². The van der Waals surface area contributed by atoms with E-state index in [1.54, 1.807) is 30.1 Å². The van der Waals surface area contributed by atoms with Crippen LogP contribution >= 0.6 is 11.8 Å². The average molecular weight is 326 g/mol. The molecule has 0 saturated carbocycles. The molecule has 114 valence electrons. The Morgan fingerprint density at radius 1 is 1.33 bits per heavy atom. The number of pyridine rings is 1. The van der Waals surface area contributed by atoms with Gasteiger partial charge in [0.2, 0.25) is 10.0 Å². The van der Waals surface area contributed by atoms with E-state index < -0.39 is 16.1 Å². The van der Waals surface area contributed by atoms with E-state index in [-0.39, 0.29) is 11.4 Å². The first-order valence-electron chi connectivity index (χ1n) is 6.55. The number of fused-ring (bicyclic) bond motifs is 1. The van der Waals surface area contributed by atoms with Crippen molar-refractivity contribution in [3.63, 3.8) is 0 Å². The number of para-hydroxylation sites is 1. The van der Waals surface area contributed by atoms with E-state index in [1.165, 1.54) is 6.07 Å². The molecule has 1 atom stereocenters. The molecule has 0 bridgehead atoms. The van der Waals surface area contributed by atoms with Crippen LogP contribution in [0.4, 0.5) is 0 Å². The second kappa shape index (κ2) is 7.22. The molecule has 2 rings (SSSR count). The number of hydrogen-bond acceptors (Lipinski definition) is 5. The predicted molar refractivity (Wildman–Crippen MR) is 85.9 cm³/mol. The van der Waals surface area contributed by atoms with Crippen molar-refractivity contribution >= 4 is 32.7 Å². The number of thioether (sulfide) groups is 1. The van der Waals surface area contributed by atoms with Crippen LogP contribution in [0.2, 0.25) is 0 Å². The molecule has 2 N–H and O–H groups in total. The molecule has 7 heteroatoms. The molecular weight excluding hydrogens is 308 g/mol. The third-order valence-electron chi connectivity index (χ3n) is 3.05. The van der Waals surface area contributed by atoms with Crippen molar-refractivity contribution in [3.05, 3.63) is 36.5 Å². The highest BCUT2D eigenvalue weighted by atomic mass is 32.2. The molecule has 0 aliphatic carbocycles. The second-order valence-corrected chi connectivity index (χ2v) is 7.34. The van der Waals surface area contributed by atoms with Crippen molar-refractivity contribution in [1.29, 1.82) is 0 Å². The number of aliphatic hydroxyl groups excluding tert-OH is 1. The Labute approximate surface area is 128 Å². The molecule has 1 unspecified atom stereocenters. The van der Waals surface area contributed by atoms with Crippen LogP contribution in [0.15, 0.2) is 41.4 Å². The lowest BCUT2D eigenvalue weighted by atomic mass is 10.2. The molecule has 0 radical (unpaired) electrons. The fourth-order valence-electron chi connectivity index (χ4n) is 1.93. The van der Waals surface area contributed by atoms with Gasteiger partial charge in [-0.25, -0.2) is 13.1 Å². The van der Waals surface area contributed by atoms with E-state index in [2.05, 4.69) is 9.71 Å². The van der Waals surface area contributed by atoms with Crippen LogP contribution in [0.3, 0.4) is 0 Å². The standard InChI is InChI=1S/C14H18N2O3S2/c1-20-9-7-12(17)10-16-21(18,19)13-6-2-4-11-5-3-8-15-14(11)13/h2-6,8,12,16-17H,7,9-10H2,1H3. The molecule has 0 spiro atoms. The van der Waals surface area contributed by atoms with Crippen molar-refractivity contribution < 1.29 is 13.5 Å². The van der Waals surface area contributed by atoms with Gasteiger partial charge in [0.05, 0.1) is 11.6 Å². The fourth-order valence-corrected chi connectivity index (χ4v) is 3.69. The lowest BCUT2D eigenvalue weighted by molar-refractivity contribution is 0.175. The molecule has 0 aliphatic heterocycles. The van der Waals surface area contributed by atoms with Gasteiger partial charge in [0, 0.05) is 18.1 Å². The summed E-state index contributed by atoms with van der Waals surface area (Å²) in [6, 6.07) is 8.59. The minimum Gasteiger partial charge on any atom is -0.392 e. The first-order chi connectivity index (χ1) is 10.0. The summed E-state index contributed by atoms with van der Waals surface area (Å²) in [4.78, 5) is 4.28. The van der Waals surface area contributed by atoms with Crippen molar-refractivity contribution in [3.8, 4) is 0 Å². The maximum absolute atomic E-state index is 12.4. The molecule has 2 aromatic rings. The summed E-state index contributed by atoms with van der Waals surface area (Å²) < 4.78 is 27.2. The van der Waals surface area contributed by atoms with Gasteiger partial charge in [-0.3, -0.25) is 4.98 Å². The van der Waals surface area contributed by atoms with Crippen LogP contribution in [0, 0.1) is 0 Å². The molecule has 21 heavy (non-hydrogen) atoms. The normalized spacial score (nSPS) is 13.4. The minimum atomic E-state index is -3.69. The monoisotopic (exact) mass is 326 g/mol. The highest BCUT2D eigenvalue weighted by molar-refractivity contribution is 7.98. The molecule has 0 fully saturated rings. The summed E-state index contributed by atoms with van der Waals surface area (Å²) in [6.07, 6.45) is 3.38. The Kier molecular flexibility index (Phi) is 5.58. The molecule has 0 amide bonds.